The number of hydrazine groups is 1. The second-order valence-electron chi connectivity index (χ2n) is 3.40. The molecule has 0 saturated heterocycles. The predicted molar refractivity (Wildman–Crippen MR) is 70.0 cm³/mol. The Morgan fingerprint density at radius 2 is 2.25 bits per heavy atom. The highest BCUT2D eigenvalue weighted by molar-refractivity contribution is 5.96. The summed E-state index contributed by atoms with van der Waals surface area (Å²) in [6, 6.07) is 0. The van der Waals surface area contributed by atoms with Gasteiger partial charge in [0.1, 0.15) is 12.2 Å². The van der Waals surface area contributed by atoms with Gasteiger partial charge in [-0.2, -0.15) is 0 Å². The molecule has 0 atom stereocenters. The fourth-order valence-corrected chi connectivity index (χ4v) is 1.11. The number of methoxy groups -OCH3 is 1. The first-order valence-electron chi connectivity index (χ1n) is 5.43. The first-order chi connectivity index (χ1) is 9.60. The van der Waals surface area contributed by atoms with E-state index in [4.69, 9.17) is 11.6 Å². The van der Waals surface area contributed by atoms with Crippen molar-refractivity contribution < 1.29 is 14.3 Å². The van der Waals surface area contributed by atoms with Gasteiger partial charge in [0.2, 0.25) is 0 Å². The number of hydrogen-bond acceptors (Lipinski definition) is 8. The number of nitrogens with two attached hydrogens (primary N) is 2. The molecule has 9 heteroatoms. The van der Waals surface area contributed by atoms with Crippen molar-refractivity contribution >= 4 is 18.1 Å². The smallest absolute Gasteiger partial charge is 0.327 e. The lowest BCUT2D eigenvalue weighted by atomic mass is 10.3. The number of carbonyl (C=O) groups excluding carboxylic acids is 2. The summed E-state index contributed by atoms with van der Waals surface area (Å²) in [6.07, 6.45) is 6.32. The minimum atomic E-state index is -0.612. The van der Waals surface area contributed by atoms with E-state index in [1.807, 2.05) is 0 Å². The predicted octanol–water partition coefficient (Wildman–Crippen LogP) is -1.16. The third kappa shape index (κ3) is 4.14. The Balaban J connectivity index is 2.75. The molecule has 0 spiro atoms. The molecule has 0 aliphatic carbocycles. The average molecular weight is 278 g/mol. The van der Waals surface area contributed by atoms with Gasteiger partial charge in [0.25, 0.3) is 5.91 Å². The molecule has 106 valence electrons. The van der Waals surface area contributed by atoms with E-state index in [0.717, 1.165) is 11.2 Å². The molecule has 0 aliphatic rings. The Labute approximate surface area is 114 Å². The number of nitrogens with zero attached hydrogens (tertiary/aromatic N) is 4. The van der Waals surface area contributed by atoms with Crippen molar-refractivity contribution in [3.05, 3.63) is 36.2 Å². The van der Waals surface area contributed by atoms with E-state index in [0.29, 0.717) is 0 Å². The standard InChI is InChI=1S/C11H14N6O3/c1-20-10(18)7-15-5-8(4-12)17(13)11(19)9-6-14-2-3-16-9/h2-6H,7,12-13H2,1H3. The van der Waals surface area contributed by atoms with E-state index in [1.165, 1.54) is 31.9 Å². The maximum absolute atomic E-state index is 11.9. The maximum Gasteiger partial charge on any atom is 0.327 e. The largest absolute Gasteiger partial charge is 0.468 e. The van der Waals surface area contributed by atoms with Crippen LogP contribution in [0.4, 0.5) is 0 Å². The Morgan fingerprint density at radius 1 is 1.50 bits per heavy atom. The molecule has 0 unspecified atom stereocenters. The van der Waals surface area contributed by atoms with Crippen LogP contribution in [0.3, 0.4) is 0 Å². The molecule has 1 aromatic heterocycles. The number of carbonyl (C=O) groups is 2. The zero-order valence-corrected chi connectivity index (χ0v) is 10.8. The van der Waals surface area contributed by atoms with Crippen LogP contribution in [0.1, 0.15) is 10.5 Å². The minimum Gasteiger partial charge on any atom is -0.468 e. The summed E-state index contributed by atoms with van der Waals surface area (Å²) >= 11 is 0. The summed E-state index contributed by atoms with van der Waals surface area (Å²) in [6.45, 7) is -0.207. The summed E-state index contributed by atoms with van der Waals surface area (Å²) < 4.78 is 4.41. The number of ether oxygens (including phenoxy) is 1. The van der Waals surface area contributed by atoms with Crippen LogP contribution in [0, 0.1) is 0 Å². The highest BCUT2D eigenvalue weighted by Crippen LogP contribution is 2.01. The summed E-state index contributed by atoms with van der Waals surface area (Å²) in [7, 11) is 1.24. The first kappa shape index (κ1) is 15.2. The molecule has 0 aliphatic heterocycles. The monoisotopic (exact) mass is 278 g/mol. The summed E-state index contributed by atoms with van der Waals surface area (Å²) in [4.78, 5) is 34.2. The highest BCUT2D eigenvalue weighted by Gasteiger charge is 2.16. The van der Waals surface area contributed by atoms with Gasteiger partial charge in [-0.15, -0.1) is 0 Å². The summed E-state index contributed by atoms with van der Waals surface area (Å²) in [5, 5.41) is 0.755. The van der Waals surface area contributed by atoms with Gasteiger partial charge < -0.3 is 10.5 Å². The van der Waals surface area contributed by atoms with E-state index >= 15 is 0 Å². The molecule has 1 aromatic rings. The average Bonchev–Trinajstić information content (AvgIpc) is 2.50. The molecular formula is C11H14N6O3. The lowest BCUT2D eigenvalue weighted by Crippen LogP contribution is -2.38. The maximum atomic E-state index is 11.9. The van der Waals surface area contributed by atoms with Crippen LogP contribution in [0.25, 0.3) is 0 Å². The molecule has 1 heterocycles. The molecule has 9 nitrogen and oxygen atoms in total. The number of aliphatic imine (C=N–C) groups is 1. The second-order valence-corrected chi connectivity index (χ2v) is 3.40. The van der Waals surface area contributed by atoms with Crippen molar-refractivity contribution in [2.45, 2.75) is 0 Å². The van der Waals surface area contributed by atoms with Gasteiger partial charge in [-0.25, -0.2) is 15.8 Å². The van der Waals surface area contributed by atoms with Crippen LogP contribution in [-0.2, 0) is 9.53 Å². The zero-order chi connectivity index (χ0) is 15.0. The number of aromatic nitrogens is 2. The third-order valence-corrected chi connectivity index (χ3v) is 2.12. The normalized spacial score (nSPS) is 11.4. The highest BCUT2D eigenvalue weighted by atomic mass is 16.5. The van der Waals surface area contributed by atoms with E-state index in [1.54, 1.807) is 0 Å². The summed E-state index contributed by atoms with van der Waals surface area (Å²) in [5.41, 5.74) is 5.51. The van der Waals surface area contributed by atoms with Crippen molar-refractivity contribution in [1.82, 2.24) is 15.0 Å². The van der Waals surface area contributed by atoms with Crippen molar-refractivity contribution in [3.63, 3.8) is 0 Å². The van der Waals surface area contributed by atoms with Crippen LogP contribution in [0.15, 0.2) is 35.5 Å². The second kappa shape index (κ2) is 7.59. The molecule has 20 heavy (non-hydrogen) atoms. The third-order valence-electron chi connectivity index (χ3n) is 2.12. The van der Waals surface area contributed by atoms with Crippen molar-refractivity contribution in [2.75, 3.05) is 13.7 Å². The number of esters is 1. The summed E-state index contributed by atoms with van der Waals surface area (Å²) in [5.74, 6) is 4.48. The quantitative estimate of drug-likeness (QED) is 0.228. The number of rotatable bonds is 5. The SMILES string of the molecule is COC(=O)CN=CC(=CN)N(N)C(=O)c1cnccn1. The van der Waals surface area contributed by atoms with Crippen LogP contribution in [-0.4, -0.2) is 46.7 Å². The van der Waals surface area contributed by atoms with Gasteiger partial charge in [-0.05, 0) is 0 Å². The van der Waals surface area contributed by atoms with Gasteiger partial charge in [-0.1, -0.05) is 0 Å². The molecule has 4 N–H and O–H groups in total. The lowest BCUT2D eigenvalue weighted by molar-refractivity contribution is -0.138. The van der Waals surface area contributed by atoms with E-state index in [-0.39, 0.29) is 17.9 Å². The Morgan fingerprint density at radius 3 is 2.80 bits per heavy atom. The van der Waals surface area contributed by atoms with Gasteiger partial charge in [-0.3, -0.25) is 19.6 Å². The minimum absolute atomic E-state index is 0.0516. The Kier molecular flexibility index (Phi) is 5.78. The van der Waals surface area contributed by atoms with Gasteiger partial charge in [0.05, 0.1) is 19.0 Å². The lowest BCUT2D eigenvalue weighted by Gasteiger charge is -2.15. The van der Waals surface area contributed by atoms with E-state index < -0.39 is 11.9 Å². The first-order valence-corrected chi connectivity index (χ1v) is 5.43. The van der Waals surface area contributed by atoms with Crippen LogP contribution in [0.2, 0.25) is 0 Å². The van der Waals surface area contributed by atoms with Gasteiger partial charge in [0, 0.05) is 24.8 Å². The van der Waals surface area contributed by atoms with Crippen molar-refractivity contribution in [3.8, 4) is 0 Å². The zero-order valence-electron chi connectivity index (χ0n) is 10.8. The molecular weight excluding hydrogens is 264 g/mol. The van der Waals surface area contributed by atoms with Crippen molar-refractivity contribution in [1.29, 1.82) is 0 Å². The van der Waals surface area contributed by atoms with E-state index in [9.17, 15) is 9.59 Å². The number of hydrogen-bond donors (Lipinski definition) is 2. The Hall–Kier alpha value is -2.81. The molecule has 0 aromatic carbocycles. The van der Waals surface area contributed by atoms with Crippen molar-refractivity contribution in [2.24, 2.45) is 16.6 Å². The van der Waals surface area contributed by atoms with Gasteiger partial charge >= 0.3 is 5.97 Å². The Bertz CT molecular complexity index is 528. The molecule has 0 bridgehead atoms. The molecule has 0 radical (unpaired) electrons. The number of amides is 1. The fourth-order valence-electron chi connectivity index (χ4n) is 1.11. The molecule has 1 rings (SSSR count). The molecule has 0 saturated carbocycles. The topological polar surface area (TPSA) is 137 Å². The van der Waals surface area contributed by atoms with E-state index in [2.05, 4.69) is 19.7 Å². The molecule has 0 fully saturated rings. The van der Waals surface area contributed by atoms with Crippen LogP contribution in [0.5, 0.6) is 0 Å². The van der Waals surface area contributed by atoms with Gasteiger partial charge in [0.15, 0.2) is 0 Å². The molecule has 1 amide bonds. The van der Waals surface area contributed by atoms with Crippen LogP contribution < -0.4 is 11.6 Å². The van der Waals surface area contributed by atoms with Crippen LogP contribution >= 0.6 is 0 Å². The fraction of sp³-hybridized carbons (Fsp3) is 0.182. The number of allylic oxidation sites excluding steroid dienone is 1.